The third kappa shape index (κ3) is 5.44. The van der Waals surface area contributed by atoms with Crippen molar-refractivity contribution < 1.29 is 14.3 Å². The van der Waals surface area contributed by atoms with E-state index in [0.717, 1.165) is 4.90 Å². The Kier molecular flexibility index (Phi) is 6.81. The number of esters is 1. The number of pyridine rings is 1. The normalized spacial score (nSPS) is 11.5. The quantitative estimate of drug-likeness (QED) is 0.355. The highest BCUT2D eigenvalue weighted by Crippen LogP contribution is 2.26. The first-order valence-corrected chi connectivity index (χ1v) is 9.78. The SMILES string of the molecule is CCC(Sc1ccccc1)C(=O)Oc1ccc(C(=O)Nc2cccnc2)cc1. The molecular weight excluding hydrogens is 372 g/mol. The summed E-state index contributed by atoms with van der Waals surface area (Å²) >= 11 is 1.48. The maximum atomic E-state index is 12.5. The van der Waals surface area contributed by atoms with Gasteiger partial charge in [-0.05, 0) is 55.0 Å². The van der Waals surface area contributed by atoms with Crippen LogP contribution in [0.15, 0.2) is 84.0 Å². The summed E-state index contributed by atoms with van der Waals surface area (Å²) in [4.78, 5) is 29.7. The minimum Gasteiger partial charge on any atom is -0.426 e. The summed E-state index contributed by atoms with van der Waals surface area (Å²) in [5.74, 6) is -0.143. The van der Waals surface area contributed by atoms with Crippen molar-refractivity contribution >= 4 is 29.3 Å². The van der Waals surface area contributed by atoms with Crippen LogP contribution in [-0.2, 0) is 4.79 Å². The molecule has 5 nitrogen and oxygen atoms in total. The van der Waals surface area contributed by atoms with Gasteiger partial charge in [-0.1, -0.05) is 25.1 Å². The Morgan fingerprint density at radius 2 is 1.79 bits per heavy atom. The predicted octanol–water partition coefficient (Wildman–Crippen LogP) is 4.81. The molecule has 28 heavy (non-hydrogen) atoms. The number of rotatable bonds is 7. The fourth-order valence-electron chi connectivity index (χ4n) is 2.46. The fraction of sp³-hybridized carbons (Fsp3) is 0.136. The van der Waals surface area contributed by atoms with Gasteiger partial charge in [0.2, 0.25) is 0 Å². The molecule has 0 aliphatic carbocycles. The van der Waals surface area contributed by atoms with Crippen LogP contribution in [0.2, 0.25) is 0 Å². The summed E-state index contributed by atoms with van der Waals surface area (Å²) in [5.41, 5.74) is 1.08. The van der Waals surface area contributed by atoms with E-state index in [4.69, 9.17) is 4.74 Å². The second-order valence-corrected chi connectivity index (χ2v) is 7.25. The molecule has 0 radical (unpaired) electrons. The molecule has 1 heterocycles. The van der Waals surface area contributed by atoms with E-state index in [9.17, 15) is 9.59 Å². The molecule has 0 aliphatic rings. The maximum Gasteiger partial charge on any atom is 0.324 e. The lowest BCUT2D eigenvalue weighted by atomic mass is 10.2. The Balaban J connectivity index is 1.59. The maximum absolute atomic E-state index is 12.5. The molecule has 1 atom stereocenters. The van der Waals surface area contributed by atoms with E-state index in [1.165, 1.54) is 11.8 Å². The third-order valence-corrected chi connectivity index (χ3v) is 5.26. The van der Waals surface area contributed by atoms with E-state index in [0.29, 0.717) is 23.4 Å². The first-order valence-electron chi connectivity index (χ1n) is 8.90. The van der Waals surface area contributed by atoms with Crippen LogP contribution in [0.5, 0.6) is 5.75 Å². The van der Waals surface area contributed by atoms with Crippen molar-refractivity contribution in [3.63, 3.8) is 0 Å². The van der Waals surface area contributed by atoms with E-state index in [1.54, 1.807) is 48.8 Å². The molecule has 1 N–H and O–H groups in total. The van der Waals surface area contributed by atoms with E-state index in [-0.39, 0.29) is 17.1 Å². The number of carbonyl (C=O) groups is 2. The summed E-state index contributed by atoms with van der Waals surface area (Å²) in [7, 11) is 0. The van der Waals surface area contributed by atoms with Crippen molar-refractivity contribution in [2.45, 2.75) is 23.5 Å². The number of carbonyl (C=O) groups excluding carboxylic acids is 2. The van der Waals surface area contributed by atoms with Gasteiger partial charge in [0.05, 0.1) is 11.9 Å². The van der Waals surface area contributed by atoms with Gasteiger partial charge in [0.25, 0.3) is 5.91 Å². The van der Waals surface area contributed by atoms with E-state index < -0.39 is 0 Å². The molecule has 0 spiro atoms. The highest BCUT2D eigenvalue weighted by atomic mass is 32.2. The molecule has 1 unspecified atom stereocenters. The fourth-order valence-corrected chi connectivity index (χ4v) is 3.41. The molecule has 0 saturated carbocycles. The zero-order valence-corrected chi connectivity index (χ0v) is 16.2. The second-order valence-electron chi connectivity index (χ2n) is 5.97. The second kappa shape index (κ2) is 9.71. The Morgan fingerprint density at radius 1 is 1.04 bits per heavy atom. The van der Waals surface area contributed by atoms with Crippen molar-refractivity contribution in [2.75, 3.05) is 5.32 Å². The third-order valence-electron chi connectivity index (χ3n) is 3.91. The van der Waals surface area contributed by atoms with Crippen LogP contribution in [0, 0.1) is 0 Å². The van der Waals surface area contributed by atoms with Gasteiger partial charge in [-0.3, -0.25) is 14.6 Å². The number of thioether (sulfide) groups is 1. The summed E-state index contributed by atoms with van der Waals surface area (Å²) in [6, 6.07) is 19.8. The number of aromatic nitrogens is 1. The lowest BCUT2D eigenvalue weighted by Crippen LogP contribution is -2.22. The Labute approximate surface area is 168 Å². The Hall–Kier alpha value is -3.12. The van der Waals surface area contributed by atoms with Gasteiger partial charge < -0.3 is 10.1 Å². The van der Waals surface area contributed by atoms with Gasteiger partial charge >= 0.3 is 5.97 Å². The van der Waals surface area contributed by atoms with Crippen LogP contribution in [0.1, 0.15) is 23.7 Å². The highest BCUT2D eigenvalue weighted by molar-refractivity contribution is 8.00. The van der Waals surface area contributed by atoms with Crippen LogP contribution in [-0.4, -0.2) is 22.1 Å². The van der Waals surface area contributed by atoms with E-state index in [2.05, 4.69) is 10.3 Å². The molecule has 0 fully saturated rings. The highest BCUT2D eigenvalue weighted by Gasteiger charge is 2.20. The molecule has 142 valence electrons. The van der Waals surface area contributed by atoms with Gasteiger partial charge in [-0.25, -0.2) is 0 Å². The first-order chi connectivity index (χ1) is 13.7. The van der Waals surface area contributed by atoms with Crippen molar-refractivity contribution in [3.8, 4) is 5.75 Å². The smallest absolute Gasteiger partial charge is 0.324 e. The largest absolute Gasteiger partial charge is 0.426 e. The standard InChI is InChI=1S/C22H20N2O3S/c1-2-20(28-19-8-4-3-5-9-19)22(26)27-18-12-10-16(11-13-18)21(25)24-17-7-6-14-23-15-17/h3-15,20H,2H2,1H3,(H,24,25). The van der Waals surface area contributed by atoms with Crippen molar-refractivity contribution in [3.05, 3.63) is 84.7 Å². The zero-order chi connectivity index (χ0) is 19.8. The van der Waals surface area contributed by atoms with Crippen LogP contribution in [0.4, 0.5) is 5.69 Å². The molecular formula is C22H20N2O3S. The summed E-state index contributed by atoms with van der Waals surface area (Å²) in [6.07, 6.45) is 3.87. The molecule has 1 amide bonds. The van der Waals surface area contributed by atoms with Crippen LogP contribution in [0.25, 0.3) is 0 Å². The summed E-state index contributed by atoms with van der Waals surface area (Å²) < 4.78 is 5.49. The summed E-state index contributed by atoms with van der Waals surface area (Å²) in [6.45, 7) is 1.95. The number of anilines is 1. The van der Waals surface area contributed by atoms with Crippen molar-refractivity contribution in [1.29, 1.82) is 0 Å². The van der Waals surface area contributed by atoms with Gasteiger partial charge in [-0.15, -0.1) is 11.8 Å². The molecule has 0 aliphatic heterocycles. The number of benzene rings is 2. The molecule has 6 heteroatoms. The van der Waals surface area contributed by atoms with Crippen molar-refractivity contribution in [2.24, 2.45) is 0 Å². The number of amides is 1. The van der Waals surface area contributed by atoms with Crippen molar-refractivity contribution in [1.82, 2.24) is 4.98 Å². The Bertz CT molecular complexity index is 916. The van der Waals surface area contributed by atoms with E-state index in [1.807, 2.05) is 37.3 Å². The zero-order valence-electron chi connectivity index (χ0n) is 15.4. The lowest BCUT2D eigenvalue weighted by Gasteiger charge is -2.14. The number of hydrogen-bond donors (Lipinski definition) is 1. The monoisotopic (exact) mass is 392 g/mol. The Morgan fingerprint density at radius 3 is 2.43 bits per heavy atom. The molecule has 1 aromatic heterocycles. The molecule has 3 rings (SSSR count). The molecule has 3 aromatic rings. The lowest BCUT2D eigenvalue weighted by molar-refractivity contribution is -0.133. The minimum absolute atomic E-state index is 0.253. The van der Waals surface area contributed by atoms with Gasteiger partial charge in [0.15, 0.2) is 0 Å². The molecule has 0 bridgehead atoms. The molecule has 0 saturated heterocycles. The topological polar surface area (TPSA) is 68.3 Å². The average molecular weight is 392 g/mol. The number of nitrogens with zero attached hydrogens (tertiary/aromatic N) is 1. The summed E-state index contributed by atoms with van der Waals surface area (Å²) in [5, 5.41) is 2.47. The van der Waals surface area contributed by atoms with Gasteiger partial charge in [-0.2, -0.15) is 0 Å². The van der Waals surface area contributed by atoms with Crippen LogP contribution < -0.4 is 10.1 Å². The first kappa shape index (κ1) is 19.6. The van der Waals surface area contributed by atoms with Crippen LogP contribution >= 0.6 is 11.8 Å². The average Bonchev–Trinajstić information content (AvgIpc) is 2.74. The van der Waals surface area contributed by atoms with Gasteiger partial charge in [0.1, 0.15) is 11.0 Å². The minimum atomic E-state index is -0.302. The van der Waals surface area contributed by atoms with E-state index >= 15 is 0 Å². The predicted molar refractivity (Wildman–Crippen MR) is 111 cm³/mol. The van der Waals surface area contributed by atoms with Crippen LogP contribution in [0.3, 0.4) is 0 Å². The molecule has 2 aromatic carbocycles. The number of nitrogens with one attached hydrogen (secondary N) is 1. The number of ether oxygens (including phenoxy) is 1. The van der Waals surface area contributed by atoms with Gasteiger partial charge in [0, 0.05) is 16.7 Å². The number of hydrogen-bond acceptors (Lipinski definition) is 5.